The van der Waals surface area contributed by atoms with E-state index in [0.29, 0.717) is 6.61 Å². The molecule has 6 nitrogen and oxygen atoms in total. The summed E-state index contributed by atoms with van der Waals surface area (Å²) < 4.78 is 73.5. The van der Waals surface area contributed by atoms with Gasteiger partial charge in [-0.1, -0.05) is 19.3 Å². The summed E-state index contributed by atoms with van der Waals surface area (Å²) in [6.07, 6.45) is 0.128. The van der Waals surface area contributed by atoms with Crippen LogP contribution in [0.5, 0.6) is 5.75 Å². The van der Waals surface area contributed by atoms with E-state index in [1.165, 1.54) is 18.2 Å². The third-order valence-electron chi connectivity index (χ3n) is 5.97. The number of fused-ring (bicyclic) bond motifs is 3. The lowest BCUT2D eigenvalue weighted by molar-refractivity contribution is -0.137. The Balaban J connectivity index is 1.77. The Morgan fingerprint density at radius 1 is 1.09 bits per heavy atom. The lowest BCUT2D eigenvalue weighted by Crippen LogP contribution is -2.45. The van der Waals surface area contributed by atoms with Gasteiger partial charge in [0.1, 0.15) is 12.3 Å². The Morgan fingerprint density at radius 2 is 1.82 bits per heavy atom. The molecule has 2 aliphatic rings. The Morgan fingerprint density at radius 3 is 2.48 bits per heavy atom. The monoisotopic (exact) mass is 482 g/mol. The van der Waals surface area contributed by atoms with E-state index in [0.717, 1.165) is 54.6 Å². The van der Waals surface area contributed by atoms with Crippen molar-refractivity contribution < 1.29 is 31.1 Å². The van der Waals surface area contributed by atoms with Crippen molar-refractivity contribution >= 4 is 21.6 Å². The van der Waals surface area contributed by atoms with Crippen molar-refractivity contribution in [2.45, 2.75) is 56.1 Å². The number of hydrogen-bond acceptors (Lipinski definition) is 4. The fraction of sp³-hybridized carbons (Fsp3) is 0.435. The third kappa shape index (κ3) is 4.66. The molecule has 1 amide bonds. The van der Waals surface area contributed by atoms with Crippen molar-refractivity contribution in [3.05, 3.63) is 42.0 Å². The zero-order valence-electron chi connectivity index (χ0n) is 18.1. The molecule has 0 bridgehead atoms. The van der Waals surface area contributed by atoms with Crippen LogP contribution in [0.3, 0.4) is 0 Å². The number of benzene rings is 2. The molecule has 178 valence electrons. The van der Waals surface area contributed by atoms with Crippen LogP contribution in [0.4, 0.5) is 18.9 Å². The highest BCUT2D eigenvalue weighted by Gasteiger charge is 2.39. The molecule has 33 heavy (non-hydrogen) atoms. The maximum atomic E-state index is 13.5. The van der Waals surface area contributed by atoms with Crippen molar-refractivity contribution in [3.8, 4) is 16.9 Å². The number of carbonyl (C=O) groups excluding carboxylic acids is 1. The molecule has 10 heteroatoms. The Hall–Kier alpha value is -2.75. The van der Waals surface area contributed by atoms with Crippen molar-refractivity contribution in [3.63, 3.8) is 0 Å². The number of alkyl halides is 3. The van der Waals surface area contributed by atoms with Gasteiger partial charge in [0.25, 0.3) is 10.0 Å². The summed E-state index contributed by atoms with van der Waals surface area (Å²) in [5, 5.41) is 2.88. The quantitative estimate of drug-likeness (QED) is 0.669. The molecule has 0 aromatic heterocycles. The minimum absolute atomic E-state index is 0.0253. The number of anilines is 1. The van der Waals surface area contributed by atoms with Crippen molar-refractivity contribution in [2.75, 3.05) is 17.5 Å². The van der Waals surface area contributed by atoms with Crippen LogP contribution in [0.25, 0.3) is 11.1 Å². The number of amides is 1. The molecule has 0 saturated heterocycles. The van der Waals surface area contributed by atoms with E-state index in [9.17, 15) is 26.4 Å². The number of carbonyl (C=O) groups is 1. The lowest BCUT2D eigenvalue weighted by atomic mass is 9.95. The molecule has 4 rings (SSSR count). The maximum absolute atomic E-state index is 13.5. The standard InChI is InChI=1S/C23H25F3N2O4S/c1-2-32-17-9-10-18-19-12-15(23(24,25)26)8-11-20(19)28(33(30,31)21(18)13-17)14-22(29)27-16-6-4-3-5-7-16/h8-13,16H,2-7,14H2,1H3,(H,27,29). The molecule has 0 spiro atoms. The van der Waals surface area contributed by atoms with Gasteiger partial charge in [0, 0.05) is 23.2 Å². The summed E-state index contributed by atoms with van der Waals surface area (Å²) in [4.78, 5) is 12.6. The molecule has 1 N–H and O–H groups in total. The van der Waals surface area contributed by atoms with Crippen LogP contribution in [-0.4, -0.2) is 33.5 Å². The van der Waals surface area contributed by atoms with Gasteiger partial charge in [0.15, 0.2) is 0 Å². The smallest absolute Gasteiger partial charge is 0.416 e. The number of rotatable bonds is 5. The van der Waals surface area contributed by atoms with Gasteiger partial charge in [0.2, 0.25) is 5.91 Å². The van der Waals surface area contributed by atoms with E-state index in [2.05, 4.69) is 5.32 Å². The number of nitrogens with zero attached hydrogens (tertiary/aromatic N) is 1. The van der Waals surface area contributed by atoms with Gasteiger partial charge in [-0.3, -0.25) is 9.10 Å². The van der Waals surface area contributed by atoms with Crippen LogP contribution in [0, 0.1) is 0 Å². The summed E-state index contributed by atoms with van der Waals surface area (Å²) in [6, 6.07) is 7.10. The summed E-state index contributed by atoms with van der Waals surface area (Å²) >= 11 is 0. The molecule has 1 saturated carbocycles. The van der Waals surface area contributed by atoms with Crippen LogP contribution < -0.4 is 14.4 Å². The Kier molecular flexibility index (Phi) is 6.30. The van der Waals surface area contributed by atoms with Crippen molar-refractivity contribution in [2.24, 2.45) is 0 Å². The second-order valence-corrected chi connectivity index (χ2v) is 10.1. The van der Waals surface area contributed by atoms with Gasteiger partial charge in [-0.05, 0) is 50.1 Å². The van der Waals surface area contributed by atoms with Crippen molar-refractivity contribution in [1.82, 2.24) is 5.32 Å². The minimum atomic E-state index is -4.60. The summed E-state index contributed by atoms with van der Waals surface area (Å²) in [7, 11) is -4.21. The minimum Gasteiger partial charge on any atom is -0.494 e. The van der Waals surface area contributed by atoms with Gasteiger partial charge < -0.3 is 10.1 Å². The maximum Gasteiger partial charge on any atom is 0.416 e. The average Bonchev–Trinajstić information content (AvgIpc) is 2.77. The Bertz CT molecular complexity index is 1160. The SMILES string of the molecule is CCOc1ccc2c(c1)S(=O)(=O)N(CC(=O)NC1CCCCC1)c1ccc(C(F)(F)F)cc1-2. The highest BCUT2D eigenvalue weighted by atomic mass is 32.2. The van der Waals surface area contributed by atoms with Crippen LogP contribution in [0.1, 0.15) is 44.6 Å². The topological polar surface area (TPSA) is 75.7 Å². The molecule has 2 aromatic carbocycles. The zero-order valence-corrected chi connectivity index (χ0v) is 18.9. The molecule has 1 heterocycles. The second kappa shape index (κ2) is 8.89. The first-order valence-electron chi connectivity index (χ1n) is 10.9. The number of hydrogen-bond donors (Lipinski definition) is 1. The molecule has 0 unspecified atom stereocenters. The number of ether oxygens (including phenoxy) is 1. The number of sulfonamides is 1. The van der Waals surface area contributed by atoms with Gasteiger partial charge in [-0.25, -0.2) is 8.42 Å². The fourth-order valence-corrected chi connectivity index (χ4v) is 6.07. The molecule has 1 aliphatic carbocycles. The second-order valence-electron chi connectivity index (χ2n) is 8.23. The first kappa shape index (κ1) is 23.4. The third-order valence-corrected chi connectivity index (χ3v) is 7.77. The average molecular weight is 483 g/mol. The summed E-state index contributed by atoms with van der Waals surface area (Å²) in [6.45, 7) is 1.51. The van der Waals surface area contributed by atoms with E-state index < -0.39 is 34.2 Å². The van der Waals surface area contributed by atoms with E-state index in [1.807, 2.05) is 0 Å². The molecular weight excluding hydrogens is 457 g/mol. The van der Waals surface area contributed by atoms with E-state index in [-0.39, 0.29) is 33.5 Å². The van der Waals surface area contributed by atoms with Crippen molar-refractivity contribution in [1.29, 1.82) is 0 Å². The highest BCUT2D eigenvalue weighted by molar-refractivity contribution is 7.93. The molecule has 2 aromatic rings. The van der Waals surface area contributed by atoms with Gasteiger partial charge in [-0.2, -0.15) is 13.2 Å². The Labute approximate surface area is 190 Å². The van der Waals surface area contributed by atoms with Gasteiger partial charge in [-0.15, -0.1) is 0 Å². The highest BCUT2D eigenvalue weighted by Crippen LogP contribution is 2.46. The van der Waals surface area contributed by atoms with Crippen LogP contribution in [-0.2, 0) is 21.0 Å². The van der Waals surface area contributed by atoms with Crippen LogP contribution in [0.2, 0.25) is 0 Å². The summed E-state index contributed by atoms with van der Waals surface area (Å²) in [5.74, 6) is -0.206. The summed E-state index contributed by atoms with van der Waals surface area (Å²) in [5.41, 5.74) is -0.614. The predicted octanol–water partition coefficient (Wildman–Crippen LogP) is 4.73. The largest absolute Gasteiger partial charge is 0.494 e. The molecule has 1 aliphatic heterocycles. The van der Waals surface area contributed by atoms with E-state index >= 15 is 0 Å². The van der Waals surface area contributed by atoms with Crippen LogP contribution in [0.15, 0.2) is 41.3 Å². The molecular formula is C23H25F3N2O4S. The zero-order chi connectivity index (χ0) is 23.8. The molecule has 1 fully saturated rings. The van der Waals surface area contributed by atoms with Gasteiger partial charge >= 0.3 is 6.18 Å². The van der Waals surface area contributed by atoms with E-state index in [4.69, 9.17) is 4.74 Å². The fourth-order valence-electron chi connectivity index (χ4n) is 4.41. The lowest BCUT2D eigenvalue weighted by Gasteiger charge is -2.33. The van der Waals surface area contributed by atoms with Gasteiger partial charge in [0.05, 0.1) is 22.8 Å². The normalized spacial score (nSPS) is 17.8. The first-order chi connectivity index (χ1) is 15.6. The predicted molar refractivity (Wildman–Crippen MR) is 118 cm³/mol. The number of halogens is 3. The van der Waals surface area contributed by atoms with Crippen LogP contribution >= 0.6 is 0 Å². The molecule has 0 atom stereocenters. The molecule has 0 radical (unpaired) electrons. The number of nitrogens with one attached hydrogen (secondary N) is 1. The van der Waals surface area contributed by atoms with E-state index in [1.54, 1.807) is 6.92 Å². The first-order valence-corrected chi connectivity index (χ1v) is 12.4.